The van der Waals surface area contributed by atoms with Crippen LogP contribution in [0.25, 0.3) is 5.65 Å². The number of hydrogen-bond donors (Lipinski definition) is 1. The van der Waals surface area contributed by atoms with Crippen molar-refractivity contribution in [3.05, 3.63) is 99.0 Å². The summed E-state index contributed by atoms with van der Waals surface area (Å²) in [6.07, 6.45) is 1.55. The predicted octanol–water partition coefficient (Wildman–Crippen LogP) is 5.41. The van der Waals surface area contributed by atoms with Crippen molar-refractivity contribution in [2.75, 3.05) is 5.32 Å². The average Bonchev–Trinajstić information content (AvgIpc) is 2.69. The van der Waals surface area contributed by atoms with Gasteiger partial charge in [-0.25, -0.2) is 4.98 Å². The van der Waals surface area contributed by atoms with Crippen LogP contribution in [-0.2, 0) is 6.54 Å². The first-order valence-corrected chi connectivity index (χ1v) is 9.28. The number of para-hydroxylation sites is 1. The van der Waals surface area contributed by atoms with Crippen LogP contribution in [0.4, 0.5) is 5.69 Å². The third-order valence-corrected chi connectivity index (χ3v) is 4.51. The van der Waals surface area contributed by atoms with Crippen molar-refractivity contribution in [1.29, 1.82) is 0 Å². The van der Waals surface area contributed by atoms with Gasteiger partial charge >= 0.3 is 0 Å². The first kappa shape index (κ1) is 18.3. The minimum absolute atomic E-state index is 0.198. The summed E-state index contributed by atoms with van der Waals surface area (Å²) in [6.45, 7) is 0.333. The highest BCUT2D eigenvalue weighted by atomic mass is 35.5. The van der Waals surface area contributed by atoms with Gasteiger partial charge in [-0.15, -0.1) is 0 Å². The van der Waals surface area contributed by atoms with Crippen molar-refractivity contribution in [2.45, 2.75) is 6.54 Å². The predicted molar refractivity (Wildman–Crippen MR) is 112 cm³/mol. The van der Waals surface area contributed by atoms with Gasteiger partial charge in [0.25, 0.3) is 5.56 Å². The quantitative estimate of drug-likeness (QED) is 0.477. The number of halogens is 2. The summed E-state index contributed by atoms with van der Waals surface area (Å²) in [5, 5.41) is 4.30. The van der Waals surface area contributed by atoms with Crippen LogP contribution in [0.2, 0.25) is 10.0 Å². The van der Waals surface area contributed by atoms with Crippen LogP contribution in [0.3, 0.4) is 0 Å². The summed E-state index contributed by atoms with van der Waals surface area (Å²) >= 11 is 12.1. The molecule has 0 amide bonds. The summed E-state index contributed by atoms with van der Waals surface area (Å²) in [6, 6.07) is 19.7. The Morgan fingerprint density at radius 3 is 2.57 bits per heavy atom. The van der Waals surface area contributed by atoms with E-state index >= 15 is 0 Å². The number of rotatable bonds is 5. The molecular formula is C21H15Cl2N3O2. The molecule has 0 aliphatic rings. The molecule has 1 N–H and O–H groups in total. The highest BCUT2D eigenvalue weighted by Gasteiger charge is 2.08. The lowest BCUT2D eigenvalue weighted by Gasteiger charge is -2.13. The van der Waals surface area contributed by atoms with Gasteiger partial charge in [0.1, 0.15) is 11.4 Å². The second kappa shape index (κ2) is 7.92. The minimum Gasteiger partial charge on any atom is -0.455 e. The molecule has 7 heteroatoms. The van der Waals surface area contributed by atoms with Gasteiger partial charge in [-0.1, -0.05) is 41.4 Å². The second-order valence-corrected chi connectivity index (χ2v) is 6.94. The Hall–Kier alpha value is -3.02. The summed E-state index contributed by atoms with van der Waals surface area (Å²) < 4.78 is 7.35. The van der Waals surface area contributed by atoms with Crippen molar-refractivity contribution in [3.8, 4) is 11.5 Å². The van der Waals surface area contributed by atoms with E-state index in [1.165, 1.54) is 10.5 Å². The zero-order valence-electron chi connectivity index (χ0n) is 14.6. The van der Waals surface area contributed by atoms with Gasteiger partial charge in [-0.3, -0.25) is 9.20 Å². The molecule has 0 unspecified atom stereocenters. The Bertz CT molecular complexity index is 1190. The standard InChI is InChI=1S/C21H15Cl2N3O2/c22-14-6-8-19(28-17-4-2-1-3-5-17)18(10-14)24-12-16-11-21(27)26-13-15(23)7-9-20(26)25-16/h1-11,13,24H,12H2. The zero-order chi connectivity index (χ0) is 19.5. The van der Waals surface area contributed by atoms with Crippen LogP contribution in [0.1, 0.15) is 5.69 Å². The van der Waals surface area contributed by atoms with E-state index in [9.17, 15) is 4.79 Å². The fourth-order valence-corrected chi connectivity index (χ4v) is 3.08. The molecule has 0 atom stereocenters. The van der Waals surface area contributed by atoms with E-state index < -0.39 is 0 Å². The molecule has 0 spiro atoms. The maximum atomic E-state index is 12.3. The summed E-state index contributed by atoms with van der Waals surface area (Å²) in [5.74, 6) is 1.34. The Labute approximate surface area is 171 Å². The number of aromatic nitrogens is 2. The third kappa shape index (κ3) is 4.11. The molecule has 2 heterocycles. The maximum Gasteiger partial charge on any atom is 0.258 e. The number of nitrogens with one attached hydrogen (secondary N) is 1. The van der Waals surface area contributed by atoms with Crippen molar-refractivity contribution in [2.24, 2.45) is 0 Å². The van der Waals surface area contributed by atoms with Crippen LogP contribution in [-0.4, -0.2) is 9.38 Å². The molecular weight excluding hydrogens is 397 g/mol. The first-order valence-electron chi connectivity index (χ1n) is 8.53. The molecule has 2 aromatic carbocycles. The largest absolute Gasteiger partial charge is 0.455 e. The zero-order valence-corrected chi connectivity index (χ0v) is 16.1. The minimum atomic E-state index is -0.198. The van der Waals surface area contributed by atoms with Gasteiger partial charge in [0.05, 0.1) is 22.9 Å². The lowest BCUT2D eigenvalue weighted by Crippen LogP contribution is -2.16. The first-order chi connectivity index (χ1) is 13.6. The molecule has 0 aliphatic carbocycles. The average molecular weight is 412 g/mol. The lowest BCUT2D eigenvalue weighted by molar-refractivity contribution is 0.484. The van der Waals surface area contributed by atoms with E-state index in [2.05, 4.69) is 10.3 Å². The SMILES string of the molecule is O=c1cc(CNc2cc(Cl)ccc2Oc2ccccc2)nc2ccc(Cl)cn12. The van der Waals surface area contributed by atoms with Gasteiger partial charge in [0.2, 0.25) is 0 Å². The van der Waals surface area contributed by atoms with Crippen molar-refractivity contribution < 1.29 is 4.74 Å². The van der Waals surface area contributed by atoms with E-state index in [0.29, 0.717) is 45.1 Å². The monoisotopic (exact) mass is 411 g/mol. The summed E-state index contributed by atoms with van der Waals surface area (Å²) in [5.41, 5.74) is 1.63. The number of benzene rings is 2. The van der Waals surface area contributed by atoms with Crippen LogP contribution in [0, 0.1) is 0 Å². The summed E-state index contributed by atoms with van der Waals surface area (Å²) in [7, 11) is 0. The van der Waals surface area contributed by atoms with Crippen LogP contribution in [0.15, 0.2) is 77.7 Å². The molecule has 140 valence electrons. The van der Waals surface area contributed by atoms with Gasteiger partial charge in [-0.2, -0.15) is 0 Å². The number of anilines is 1. The van der Waals surface area contributed by atoms with Gasteiger partial charge < -0.3 is 10.1 Å². The Kier molecular flexibility index (Phi) is 5.19. The molecule has 5 nitrogen and oxygen atoms in total. The van der Waals surface area contributed by atoms with E-state index in [0.717, 1.165) is 0 Å². The number of hydrogen-bond acceptors (Lipinski definition) is 4. The van der Waals surface area contributed by atoms with Crippen molar-refractivity contribution in [3.63, 3.8) is 0 Å². The Balaban J connectivity index is 1.59. The molecule has 2 aromatic heterocycles. The van der Waals surface area contributed by atoms with Gasteiger partial charge in [0, 0.05) is 17.3 Å². The van der Waals surface area contributed by atoms with Crippen LogP contribution < -0.4 is 15.6 Å². The third-order valence-electron chi connectivity index (χ3n) is 4.05. The molecule has 0 radical (unpaired) electrons. The smallest absolute Gasteiger partial charge is 0.258 e. The highest BCUT2D eigenvalue weighted by Crippen LogP contribution is 2.32. The number of pyridine rings is 1. The van der Waals surface area contributed by atoms with E-state index in [1.807, 2.05) is 30.3 Å². The number of ether oxygens (including phenoxy) is 1. The Morgan fingerprint density at radius 1 is 0.964 bits per heavy atom. The normalized spacial score (nSPS) is 10.8. The van der Waals surface area contributed by atoms with Gasteiger partial charge in [0.15, 0.2) is 5.75 Å². The van der Waals surface area contributed by atoms with Crippen molar-refractivity contribution in [1.82, 2.24) is 9.38 Å². The molecule has 0 saturated carbocycles. The maximum absolute atomic E-state index is 12.3. The number of fused-ring (bicyclic) bond motifs is 1. The lowest BCUT2D eigenvalue weighted by atomic mass is 10.2. The Morgan fingerprint density at radius 2 is 1.75 bits per heavy atom. The molecule has 28 heavy (non-hydrogen) atoms. The molecule has 0 fully saturated rings. The van der Waals surface area contributed by atoms with Crippen LogP contribution >= 0.6 is 23.2 Å². The fraction of sp³-hybridized carbons (Fsp3) is 0.0476. The second-order valence-electron chi connectivity index (χ2n) is 6.07. The van der Waals surface area contributed by atoms with Crippen LogP contribution in [0.5, 0.6) is 11.5 Å². The van der Waals surface area contributed by atoms with E-state index in [1.54, 1.807) is 36.5 Å². The molecule has 4 aromatic rings. The topological polar surface area (TPSA) is 55.6 Å². The van der Waals surface area contributed by atoms with E-state index in [4.69, 9.17) is 27.9 Å². The van der Waals surface area contributed by atoms with Crippen molar-refractivity contribution >= 4 is 34.5 Å². The summed E-state index contributed by atoms with van der Waals surface area (Å²) in [4.78, 5) is 16.8. The van der Waals surface area contributed by atoms with Gasteiger partial charge in [-0.05, 0) is 42.5 Å². The molecule has 4 rings (SSSR count). The fourth-order valence-electron chi connectivity index (χ4n) is 2.75. The molecule has 0 saturated heterocycles. The molecule has 0 aliphatic heterocycles. The highest BCUT2D eigenvalue weighted by molar-refractivity contribution is 6.31. The van der Waals surface area contributed by atoms with E-state index in [-0.39, 0.29) is 5.56 Å². The number of nitrogens with zero attached hydrogens (tertiary/aromatic N) is 2. The molecule has 0 bridgehead atoms.